The molecule has 2 saturated heterocycles. The number of amides is 1. The molecule has 2 aliphatic rings. The van der Waals surface area contributed by atoms with Gasteiger partial charge < -0.3 is 4.90 Å². The number of rotatable bonds is 2. The Morgan fingerprint density at radius 1 is 1.29 bits per heavy atom. The summed E-state index contributed by atoms with van der Waals surface area (Å²) in [6, 6.07) is 1.96. The third-order valence-electron chi connectivity index (χ3n) is 4.60. The number of aromatic nitrogens is 2. The lowest BCUT2D eigenvalue weighted by molar-refractivity contribution is -0.137. The predicted octanol–water partition coefficient (Wildman–Crippen LogP) is 0.940. The topological polar surface area (TPSA) is 83.1 Å². The first kappa shape index (κ1) is 14.6. The average molecular weight is 311 g/mol. The second kappa shape index (κ2) is 5.79. The summed E-state index contributed by atoms with van der Waals surface area (Å²) in [5, 5.41) is 6.97. The lowest BCUT2D eigenvalue weighted by Gasteiger charge is -2.35. The molecule has 6 nitrogen and oxygen atoms in total. The summed E-state index contributed by atoms with van der Waals surface area (Å²) in [4.78, 5) is 14.5. The van der Waals surface area contributed by atoms with Crippen LogP contribution in [0.4, 0.5) is 0 Å². The third-order valence-corrected chi connectivity index (χ3v) is 6.31. The highest BCUT2D eigenvalue weighted by atomic mass is 32.2. The molecule has 116 valence electrons. The third kappa shape index (κ3) is 3.28. The number of nitrogens with zero attached hydrogens (tertiary/aromatic N) is 2. The molecule has 1 amide bonds. The van der Waals surface area contributed by atoms with E-state index in [4.69, 9.17) is 0 Å². The van der Waals surface area contributed by atoms with E-state index in [-0.39, 0.29) is 23.3 Å². The number of aromatic amines is 1. The van der Waals surface area contributed by atoms with E-state index in [0.717, 1.165) is 25.1 Å². The Morgan fingerprint density at radius 3 is 2.71 bits per heavy atom. The van der Waals surface area contributed by atoms with E-state index in [1.165, 1.54) is 0 Å². The Hall–Kier alpha value is -1.37. The summed E-state index contributed by atoms with van der Waals surface area (Å²) in [5.41, 5.74) is 1.08. The molecule has 0 unspecified atom stereocenters. The van der Waals surface area contributed by atoms with Crippen LogP contribution in [0.1, 0.15) is 37.3 Å². The van der Waals surface area contributed by atoms with Gasteiger partial charge in [0.15, 0.2) is 0 Å². The van der Waals surface area contributed by atoms with Gasteiger partial charge in [-0.1, -0.05) is 0 Å². The standard InChI is InChI=1S/C14H21N3O3S/c18-14(11-4-8-21(19,20)9-5-11)17-7-1-2-12(10-17)13-3-6-15-16-13/h3,6,11-12H,1-2,4-5,7-10H2,(H,15,16)/t12-/m0/s1. The minimum Gasteiger partial charge on any atom is -0.342 e. The molecule has 2 fully saturated rings. The highest BCUT2D eigenvalue weighted by molar-refractivity contribution is 7.91. The van der Waals surface area contributed by atoms with Crippen molar-refractivity contribution in [2.24, 2.45) is 5.92 Å². The zero-order valence-electron chi connectivity index (χ0n) is 12.0. The van der Waals surface area contributed by atoms with E-state index in [2.05, 4.69) is 10.2 Å². The van der Waals surface area contributed by atoms with Crippen molar-refractivity contribution in [1.82, 2.24) is 15.1 Å². The molecule has 2 aliphatic heterocycles. The molecule has 3 heterocycles. The summed E-state index contributed by atoms with van der Waals surface area (Å²) < 4.78 is 22.9. The molecule has 1 aromatic heterocycles. The van der Waals surface area contributed by atoms with Crippen molar-refractivity contribution in [1.29, 1.82) is 0 Å². The van der Waals surface area contributed by atoms with Crippen molar-refractivity contribution in [3.63, 3.8) is 0 Å². The van der Waals surface area contributed by atoms with Gasteiger partial charge in [0, 0.05) is 36.8 Å². The fourth-order valence-electron chi connectivity index (χ4n) is 3.32. The van der Waals surface area contributed by atoms with Crippen molar-refractivity contribution in [2.45, 2.75) is 31.6 Å². The maximum atomic E-state index is 12.6. The molecule has 1 N–H and O–H groups in total. The van der Waals surface area contributed by atoms with E-state index in [1.807, 2.05) is 11.0 Å². The Bertz CT molecular complexity index is 583. The van der Waals surface area contributed by atoms with Gasteiger partial charge >= 0.3 is 0 Å². The number of carbonyl (C=O) groups excluding carboxylic acids is 1. The number of carbonyl (C=O) groups is 1. The van der Waals surface area contributed by atoms with E-state index in [9.17, 15) is 13.2 Å². The summed E-state index contributed by atoms with van der Waals surface area (Å²) in [6.45, 7) is 1.50. The molecule has 3 rings (SSSR count). The Balaban J connectivity index is 1.62. The van der Waals surface area contributed by atoms with Crippen LogP contribution in [0.2, 0.25) is 0 Å². The van der Waals surface area contributed by atoms with E-state index in [1.54, 1.807) is 6.20 Å². The lowest BCUT2D eigenvalue weighted by atomic mass is 9.92. The van der Waals surface area contributed by atoms with Crippen LogP contribution in [0.15, 0.2) is 12.3 Å². The molecule has 0 saturated carbocycles. The quantitative estimate of drug-likeness (QED) is 0.881. The van der Waals surface area contributed by atoms with Crippen LogP contribution in [0.5, 0.6) is 0 Å². The Morgan fingerprint density at radius 2 is 2.05 bits per heavy atom. The smallest absolute Gasteiger partial charge is 0.225 e. The first-order chi connectivity index (χ1) is 10.1. The number of hydrogen-bond donors (Lipinski definition) is 1. The van der Waals surface area contributed by atoms with Crippen molar-refractivity contribution in [2.75, 3.05) is 24.6 Å². The first-order valence-corrected chi connectivity index (χ1v) is 9.36. The number of sulfone groups is 1. The van der Waals surface area contributed by atoms with E-state index in [0.29, 0.717) is 25.3 Å². The van der Waals surface area contributed by atoms with Gasteiger partial charge in [-0.25, -0.2) is 8.42 Å². The van der Waals surface area contributed by atoms with Crippen LogP contribution in [-0.4, -0.2) is 54.0 Å². The Labute approximate surface area is 124 Å². The average Bonchev–Trinajstić information content (AvgIpc) is 3.01. The van der Waals surface area contributed by atoms with Crippen molar-refractivity contribution >= 4 is 15.7 Å². The summed E-state index contributed by atoms with van der Waals surface area (Å²) in [7, 11) is -2.91. The molecular formula is C14H21N3O3S. The second-order valence-corrected chi connectivity index (χ2v) is 8.37. The minimum atomic E-state index is -2.91. The number of H-pyrrole nitrogens is 1. The van der Waals surface area contributed by atoms with Gasteiger partial charge in [-0.2, -0.15) is 5.10 Å². The summed E-state index contributed by atoms with van der Waals surface area (Å²) in [6.07, 6.45) is 4.74. The minimum absolute atomic E-state index is 0.117. The lowest BCUT2D eigenvalue weighted by Crippen LogP contribution is -2.44. The number of likely N-dealkylation sites (tertiary alicyclic amines) is 1. The molecule has 0 spiro atoms. The van der Waals surface area contributed by atoms with Gasteiger partial charge in [-0.3, -0.25) is 9.89 Å². The molecular weight excluding hydrogens is 290 g/mol. The highest BCUT2D eigenvalue weighted by Gasteiger charge is 2.33. The fourth-order valence-corrected chi connectivity index (χ4v) is 4.81. The Kier molecular flexibility index (Phi) is 4.01. The van der Waals surface area contributed by atoms with Gasteiger partial charge in [0.1, 0.15) is 9.84 Å². The summed E-state index contributed by atoms with van der Waals surface area (Å²) >= 11 is 0. The van der Waals surface area contributed by atoms with Crippen LogP contribution in [0.25, 0.3) is 0 Å². The van der Waals surface area contributed by atoms with Crippen LogP contribution >= 0.6 is 0 Å². The molecule has 0 aromatic carbocycles. The van der Waals surface area contributed by atoms with Gasteiger partial charge in [0.25, 0.3) is 0 Å². The van der Waals surface area contributed by atoms with Gasteiger partial charge in [-0.15, -0.1) is 0 Å². The van der Waals surface area contributed by atoms with Crippen LogP contribution < -0.4 is 0 Å². The number of nitrogens with one attached hydrogen (secondary N) is 1. The molecule has 21 heavy (non-hydrogen) atoms. The maximum Gasteiger partial charge on any atom is 0.225 e. The monoisotopic (exact) mass is 311 g/mol. The van der Waals surface area contributed by atoms with Crippen molar-refractivity contribution in [3.8, 4) is 0 Å². The number of hydrogen-bond acceptors (Lipinski definition) is 4. The summed E-state index contributed by atoms with van der Waals surface area (Å²) in [5.74, 6) is 0.642. The second-order valence-electron chi connectivity index (χ2n) is 6.06. The fraction of sp³-hybridized carbons (Fsp3) is 0.714. The van der Waals surface area contributed by atoms with Crippen molar-refractivity contribution < 1.29 is 13.2 Å². The van der Waals surface area contributed by atoms with Crippen LogP contribution in [-0.2, 0) is 14.6 Å². The van der Waals surface area contributed by atoms with Gasteiger partial charge in [0.05, 0.1) is 11.5 Å². The predicted molar refractivity (Wildman–Crippen MR) is 78.5 cm³/mol. The van der Waals surface area contributed by atoms with Crippen LogP contribution in [0.3, 0.4) is 0 Å². The highest BCUT2D eigenvalue weighted by Crippen LogP contribution is 2.28. The van der Waals surface area contributed by atoms with E-state index < -0.39 is 9.84 Å². The molecule has 0 radical (unpaired) electrons. The first-order valence-electron chi connectivity index (χ1n) is 7.54. The maximum absolute atomic E-state index is 12.6. The molecule has 7 heteroatoms. The molecule has 0 bridgehead atoms. The van der Waals surface area contributed by atoms with Gasteiger partial charge in [0.2, 0.25) is 5.91 Å². The van der Waals surface area contributed by atoms with E-state index >= 15 is 0 Å². The zero-order chi connectivity index (χ0) is 14.9. The van der Waals surface area contributed by atoms with Crippen LogP contribution in [0, 0.1) is 5.92 Å². The normalized spacial score (nSPS) is 26.7. The van der Waals surface area contributed by atoms with Gasteiger partial charge in [-0.05, 0) is 31.7 Å². The number of piperidine rings is 1. The SMILES string of the molecule is O=C(C1CCS(=O)(=O)CC1)N1CCC[C@H](c2ccn[nH]2)C1. The van der Waals surface area contributed by atoms with Crippen molar-refractivity contribution in [3.05, 3.63) is 18.0 Å². The molecule has 1 atom stereocenters. The molecule has 0 aliphatic carbocycles. The zero-order valence-corrected chi connectivity index (χ0v) is 12.8. The molecule has 1 aromatic rings. The largest absolute Gasteiger partial charge is 0.342 e.